The molecule has 3 rings (SSSR count). The number of nitrogens with one attached hydrogen (secondary N) is 1. The zero-order chi connectivity index (χ0) is 14.8. The number of nitrogen functional groups attached to an aromatic ring is 1. The Morgan fingerprint density at radius 2 is 2.14 bits per heavy atom. The number of amides is 1. The van der Waals surface area contributed by atoms with E-state index in [0.29, 0.717) is 10.8 Å². The van der Waals surface area contributed by atoms with Gasteiger partial charge in [0.2, 0.25) is 5.91 Å². The number of aryl methyl sites for hydroxylation is 1. The second-order valence-electron chi connectivity index (χ2n) is 4.73. The third-order valence-corrected chi connectivity index (χ3v) is 3.75. The maximum atomic E-state index is 12.1. The molecule has 0 aliphatic rings. The number of pyridine rings is 1. The van der Waals surface area contributed by atoms with Gasteiger partial charge in [-0.1, -0.05) is 18.2 Å². The first-order valence-electron chi connectivity index (χ1n) is 6.48. The van der Waals surface area contributed by atoms with Crippen molar-refractivity contribution in [2.45, 2.75) is 13.3 Å². The second kappa shape index (κ2) is 5.49. The van der Waals surface area contributed by atoms with Gasteiger partial charge >= 0.3 is 0 Å². The zero-order valence-electron chi connectivity index (χ0n) is 11.5. The van der Waals surface area contributed by atoms with Crippen LogP contribution < -0.4 is 11.1 Å². The second-order valence-corrected chi connectivity index (χ2v) is 5.62. The number of fused-ring (bicyclic) bond motifs is 1. The van der Waals surface area contributed by atoms with Gasteiger partial charge in [-0.3, -0.25) is 9.78 Å². The van der Waals surface area contributed by atoms with E-state index >= 15 is 0 Å². The largest absolute Gasteiger partial charge is 0.375 e. The molecule has 0 fully saturated rings. The Kier molecular flexibility index (Phi) is 3.53. The van der Waals surface area contributed by atoms with Gasteiger partial charge in [0, 0.05) is 16.5 Å². The first kappa shape index (κ1) is 13.5. The Morgan fingerprint density at radius 1 is 1.33 bits per heavy atom. The lowest BCUT2D eigenvalue weighted by atomic mass is 10.1. The van der Waals surface area contributed by atoms with Crippen molar-refractivity contribution in [3.8, 4) is 0 Å². The summed E-state index contributed by atoms with van der Waals surface area (Å²) in [6.07, 6.45) is 0.212. The van der Waals surface area contributed by atoms with Crippen LogP contribution in [-0.4, -0.2) is 15.9 Å². The average molecular weight is 298 g/mol. The van der Waals surface area contributed by atoms with Crippen LogP contribution in [0.3, 0.4) is 0 Å². The predicted molar refractivity (Wildman–Crippen MR) is 85.3 cm³/mol. The number of carbonyl (C=O) groups is 1. The minimum absolute atomic E-state index is 0.115. The van der Waals surface area contributed by atoms with E-state index in [2.05, 4.69) is 15.3 Å². The van der Waals surface area contributed by atoms with Crippen LogP contribution >= 0.6 is 11.3 Å². The Morgan fingerprint density at radius 3 is 2.90 bits per heavy atom. The van der Waals surface area contributed by atoms with Crippen molar-refractivity contribution < 1.29 is 4.79 Å². The molecular weight excluding hydrogens is 284 g/mol. The van der Waals surface area contributed by atoms with Crippen LogP contribution in [0.4, 0.5) is 10.8 Å². The molecule has 0 saturated carbocycles. The van der Waals surface area contributed by atoms with Crippen LogP contribution in [0, 0.1) is 6.92 Å². The van der Waals surface area contributed by atoms with Gasteiger partial charge in [0.1, 0.15) is 0 Å². The number of nitrogens with two attached hydrogens (primary N) is 1. The van der Waals surface area contributed by atoms with Crippen molar-refractivity contribution in [2.75, 3.05) is 11.1 Å². The number of anilines is 2. The van der Waals surface area contributed by atoms with Crippen molar-refractivity contribution in [2.24, 2.45) is 0 Å². The van der Waals surface area contributed by atoms with Crippen LogP contribution in [-0.2, 0) is 11.2 Å². The molecule has 0 saturated heterocycles. The molecule has 5 nitrogen and oxygen atoms in total. The summed E-state index contributed by atoms with van der Waals surface area (Å²) in [6, 6.07) is 9.60. The highest BCUT2D eigenvalue weighted by Gasteiger charge is 2.10. The molecule has 2 heterocycles. The van der Waals surface area contributed by atoms with E-state index in [-0.39, 0.29) is 12.3 Å². The summed E-state index contributed by atoms with van der Waals surface area (Å²) in [5, 5.41) is 6.13. The number of benzene rings is 1. The molecule has 0 spiro atoms. The van der Waals surface area contributed by atoms with Crippen molar-refractivity contribution in [3.63, 3.8) is 0 Å². The average Bonchev–Trinajstić information content (AvgIpc) is 2.83. The van der Waals surface area contributed by atoms with Crippen molar-refractivity contribution in [1.29, 1.82) is 0 Å². The number of hydrogen-bond donors (Lipinski definition) is 2. The molecular formula is C15H14N4OS. The summed E-state index contributed by atoms with van der Waals surface area (Å²) < 4.78 is 0. The molecule has 1 aromatic carbocycles. The lowest BCUT2D eigenvalue weighted by molar-refractivity contribution is -0.115. The molecule has 1 amide bonds. The molecule has 21 heavy (non-hydrogen) atoms. The quantitative estimate of drug-likeness (QED) is 0.779. The Labute approximate surface area is 125 Å². The number of para-hydroxylation sites is 1. The zero-order valence-corrected chi connectivity index (χ0v) is 12.3. The first-order valence-corrected chi connectivity index (χ1v) is 7.36. The molecule has 3 N–H and O–H groups in total. The molecule has 3 aromatic rings. The third kappa shape index (κ3) is 3.00. The number of rotatable bonds is 3. The van der Waals surface area contributed by atoms with Gasteiger partial charge in [0.15, 0.2) is 5.13 Å². The summed E-state index contributed by atoms with van der Waals surface area (Å²) in [5.74, 6) is -0.115. The van der Waals surface area contributed by atoms with Gasteiger partial charge in [-0.2, -0.15) is 0 Å². The smallest absolute Gasteiger partial charge is 0.230 e. The molecule has 2 aromatic heterocycles. The van der Waals surface area contributed by atoms with Gasteiger partial charge in [-0.05, 0) is 19.1 Å². The summed E-state index contributed by atoms with van der Waals surface area (Å²) in [4.78, 5) is 20.7. The molecule has 106 valence electrons. The molecule has 0 radical (unpaired) electrons. The van der Waals surface area contributed by atoms with Crippen LogP contribution in [0.5, 0.6) is 0 Å². The van der Waals surface area contributed by atoms with Gasteiger partial charge in [-0.15, -0.1) is 11.3 Å². The van der Waals surface area contributed by atoms with E-state index in [0.717, 1.165) is 22.3 Å². The Bertz CT molecular complexity index is 812. The van der Waals surface area contributed by atoms with E-state index in [1.165, 1.54) is 11.3 Å². The fourth-order valence-electron chi connectivity index (χ4n) is 2.17. The van der Waals surface area contributed by atoms with Crippen molar-refractivity contribution in [3.05, 3.63) is 47.1 Å². The maximum absolute atomic E-state index is 12.1. The minimum atomic E-state index is -0.115. The van der Waals surface area contributed by atoms with E-state index < -0.39 is 0 Å². The van der Waals surface area contributed by atoms with Gasteiger partial charge in [0.25, 0.3) is 0 Å². The van der Waals surface area contributed by atoms with Crippen LogP contribution in [0.1, 0.15) is 11.4 Å². The fourth-order valence-corrected chi connectivity index (χ4v) is 2.74. The molecule has 0 unspecified atom stereocenters. The van der Waals surface area contributed by atoms with Gasteiger partial charge < -0.3 is 11.1 Å². The number of nitrogens with zero attached hydrogens (tertiary/aromatic N) is 2. The normalized spacial score (nSPS) is 10.7. The lowest BCUT2D eigenvalue weighted by Gasteiger charge is -2.09. The predicted octanol–water partition coefficient (Wildman–Crippen LogP) is 2.76. The summed E-state index contributed by atoms with van der Waals surface area (Å²) >= 11 is 1.33. The number of thiazole rings is 1. The Balaban J connectivity index is 1.85. The highest BCUT2D eigenvalue weighted by Crippen LogP contribution is 2.23. The van der Waals surface area contributed by atoms with Crippen molar-refractivity contribution >= 4 is 39.0 Å². The molecule has 0 aliphatic heterocycles. The van der Waals surface area contributed by atoms with E-state index in [1.807, 2.05) is 37.3 Å². The van der Waals surface area contributed by atoms with E-state index in [1.54, 1.807) is 5.38 Å². The fraction of sp³-hybridized carbons (Fsp3) is 0.133. The van der Waals surface area contributed by atoms with Crippen molar-refractivity contribution in [1.82, 2.24) is 9.97 Å². The molecule has 0 bridgehead atoms. The van der Waals surface area contributed by atoms with Gasteiger partial charge in [0.05, 0.1) is 23.3 Å². The molecule has 6 heteroatoms. The summed E-state index contributed by atoms with van der Waals surface area (Å²) in [6.45, 7) is 1.91. The SMILES string of the molecule is Cc1cc(NC(=O)Cc2csc(N)n2)c2ccccc2n1. The monoisotopic (exact) mass is 298 g/mol. The van der Waals surface area contributed by atoms with Crippen LogP contribution in [0.2, 0.25) is 0 Å². The van der Waals surface area contributed by atoms with E-state index in [4.69, 9.17) is 5.73 Å². The third-order valence-electron chi connectivity index (χ3n) is 3.03. The maximum Gasteiger partial charge on any atom is 0.230 e. The minimum Gasteiger partial charge on any atom is -0.375 e. The number of hydrogen-bond acceptors (Lipinski definition) is 5. The highest BCUT2D eigenvalue weighted by atomic mass is 32.1. The lowest BCUT2D eigenvalue weighted by Crippen LogP contribution is -2.15. The summed E-state index contributed by atoms with van der Waals surface area (Å²) in [7, 11) is 0. The molecule has 0 aliphatic carbocycles. The highest BCUT2D eigenvalue weighted by molar-refractivity contribution is 7.13. The number of aromatic nitrogens is 2. The Hall–Kier alpha value is -2.47. The van der Waals surface area contributed by atoms with Gasteiger partial charge in [-0.25, -0.2) is 4.98 Å². The van der Waals surface area contributed by atoms with Crippen LogP contribution in [0.15, 0.2) is 35.7 Å². The number of carbonyl (C=O) groups excluding carboxylic acids is 1. The van der Waals surface area contributed by atoms with Crippen LogP contribution in [0.25, 0.3) is 10.9 Å². The standard InChI is InChI=1S/C15H14N4OS/c1-9-6-13(11-4-2-3-5-12(11)17-9)19-14(20)7-10-8-21-15(16)18-10/h2-6,8H,7H2,1H3,(H2,16,18)(H,17,19,20). The first-order chi connectivity index (χ1) is 10.1. The summed E-state index contributed by atoms with van der Waals surface area (Å²) in [5.41, 5.74) is 8.75. The topological polar surface area (TPSA) is 80.9 Å². The molecule has 0 atom stereocenters. The van der Waals surface area contributed by atoms with E-state index in [9.17, 15) is 4.79 Å².